The van der Waals surface area contributed by atoms with Gasteiger partial charge < -0.3 is 24.8 Å². The van der Waals surface area contributed by atoms with Crippen molar-refractivity contribution in [2.75, 3.05) is 31.6 Å². The summed E-state index contributed by atoms with van der Waals surface area (Å²) >= 11 is 1.18. The molecule has 43 heavy (non-hydrogen) atoms. The van der Waals surface area contributed by atoms with Crippen molar-refractivity contribution in [1.82, 2.24) is 9.88 Å². The van der Waals surface area contributed by atoms with Gasteiger partial charge in [0.15, 0.2) is 15.0 Å². The van der Waals surface area contributed by atoms with Crippen LogP contribution in [0.1, 0.15) is 60.4 Å². The first kappa shape index (κ1) is 29.7. The maximum Gasteiger partial charge on any atom is 0.254 e. The molecule has 2 saturated heterocycles. The zero-order valence-corrected chi connectivity index (χ0v) is 25.3. The lowest BCUT2D eigenvalue weighted by Crippen LogP contribution is -2.53. The molecule has 10 nitrogen and oxygen atoms in total. The molecular weight excluding hydrogens is 590 g/mol. The van der Waals surface area contributed by atoms with Gasteiger partial charge in [0.2, 0.25) is 11.0 Å². The van der Waals surface area contributed by atoms with Gasteiger partial charge in [-0.3, -0.25) is 9.59 Å². The van der Waals surface area contributed by atoms with Crippen LogP contribution < -0.4 is 10.1 Å². The Morgan fingerprint density at radius 3 is 2.53 bits per heavy atom. The SMILES string of the molecule is O=C(Nc1ncc(Oc2cccc(C(=O)N3CC(O)C3)c2)s1)[C@H](CCC1CCOCC1)c1ccc(S(=O)(=O)C2CC2)cc1. The van der Waals surface area contributed by atoms with Crippen LogP contribution in [0.2, 0.25) is 0 Å². The third-order valence-electron chi connectivity index (χ3n) is 8.26. The fraction of sp³-hybridized carbons (Fsp3) is 0.452. The summed E-state index contributed by atoms with van der Waals surface area (Å²) in [5, 5.41) is 13.0. The molecule has 1 saturated carbocycles. The van der Waals surface area contributed by atoms with Crippen LogP contribution in [0.3, 0.4) is 0 Å². The van der Waals surface area contributed by atoms with Gasteiger partial charge in [0, 0.05) is 31.9 Å². The molecule has 2 aliphatic heterocycles. The van der Waals surface area contributed by atoms with E-state index in [4.69, 9.17) is 9.47 Å². The first-order valence-electron chi connectivity index (χ1n) is 14.7. The molecule has 12 heteroatoms. The fourth-order valence-corrected chi connectivity index (χ4v) is 7.86. The second-order valence-corrected chi connectivity index (χ2v) is 14.7. The highest BCUT2D eigenvalue weighted by molar-refractivity contribution is 7.92. The number of amides is 2. The molecule has 3 fully saturated rings. The zero-order chi connectivity index (χ0) is 30.0. The summed E-state index contributed by atoms with van der Waals surface area (Å²) in [6.45, 7) is 2.11. The largest absolute Gasteiger partial charge is 0.445 e. The Balaban J connectivity index is 1.13. The quantitative estimate of drug-likeness (QED) is 0.315. The summed E-state index contributed by atoms with van der Waals surface area (Å²) in [5.41, 5.74) is 1.23. The van der Waals surface area contributed by atoms with Crippen molar-refractivity contribution >= 4 is 38.1 Å². The Kier molecular flexibility index (Phi) is 8.80. The van der Waals surface area contributed by atoms with Gasteiger partial charge in [-0.25, -0.2) is 13.4 Å². The van der Waals surface area contributed by atoms with E-state index >= 15 is 0 Å². The van der Waals surface area contributed by atoms with Crippen molar-refractivity contribution in [3.8, 4) is 10.8 Å². The topological polar surface area (TPSA) is 135 Å². The van der Waals surface area contributed by atoms with Gasteiger partial charge in [-0.1, -0.05) is 29.5 Å². The third kappa shape index (κ3) is 7.09. The van der Waals surface area contributed by atoms with E-state index in [2.05, 4.69) is 10.3 Å². The van der Waals surface area contributed by atoms with Crippen molar-refractivity contribution in [3.05, 3.63) is 65.9 Å². The number of nitrogens with zero attached hydrogens (tertiary/aromatic N) is 2. The van der Waals surface area contributed by atoms with Gasteiger partial charge in [0.05, 0.1) is 28.4 Å². The number of ether oxygens (including phenoxy) is 2. The first-order valence-corrected chi connectivity index (χ1v) is 17.1. The maximum absolute atomic E-state index is 13.6. The van der Waals surface area contributed by atoms with E-state index in [1.807, 2.05) is 0 Å². The number of aliphatic hydroxyl groups excluding tert-OH is 1. The van der Waals surface area contributed by atoms with E-state index in [1.165, 1.54) is 17.5 Å². The number of carbonyl (C=O) groups excluding carboxylic acids is 2. The summed E-state index contributed by atoms with van der Waals surface area (Å²) in [6, 6.07) is 13.6. The molecule has 2 N–H and O–H groups in total. The van der Waals surface area contributed by atoms with Crippen LogP contribution in [-0.4, -0.2) is 72.9 Å². The lowest BCUT2D eigenvalue weighted by molar-refractivity contribution is -0.117. The maximum atomic E-state index is 13.6. The number of thiazole rings is 1. The van der Waals surface area contributed by atoms with Crippen molar-refractivity contribution in [2.45, 2.75) is 60.7 Å². The molecular formula is C31H35N3O7S2. The number of rotatable bonds is 11. The standard InChI is InChI=1S/C31H35N3O7S2/c35-23-18-34(19-23)30(37)22-2-1-3-24(16-22)41-28-17-32-31(42-28)33-29(36)27(11-4-20-12-14-40-15-13-20)21-5-7-25(8-6-21)43(38,39)26-9-10-26/h1-3,5-8,16-17,20,23,26-27,35H,4,9-15,18-19H2,(H,32,33,36)/t27-/m1/s1. The van der Waals surface area contributed by atoms with Crippen molar-refractivity contribution in [3.63, 3.8) is 0 Å². The first-order chi connectivity index (χ1) is 20.8. The number of nitrogens with one attached hydrogen (secondary N) is 1. The van der Waals surface area contributed by atoms with E-state index in [9.17, 15) is 23.1 Å². The van der Waals surface area contributed by atoms with Crippen LogP contribution >= 0.6 is 11.3 Å². The monoisotopic (exact) mass is 625 g/mol. The van der Waals surface area contributed by atoms with E-state index in [0.717, 1.165) is 38.0 Å². The molecule has 0 bridgehead atoms. The van der Waals surface area contributed by atoms with Crippen LogP contribution in [0.15, 0.2) is 59.6 Å². The minimum Gasteiger partial charge on any atom is -0.445 e. The third-order valence-corrected chi connectivity index (χ3v) is 11.3. The van der Waals surface area contributed by atoms with E-state index in [1.54, 1.807) is 53.4 Å². The Morgan fingerprint density at radius 2 is 1.84 bits per heavy atom. The van der Waals surface area contributed by atoms with Gasteiger partial charge in [0.25, 0.3) is 5.91 Å². The highest BCUT2D eigenvalue weighted by atomic mass is 32.2. The number of hydrogen-bond donors (Lipinski definition) is 2. The molecule has 3 aromatic rings. The molecule has 1 atom stereocenters. The summed E-state index contributed by atoms with van der Waals surface area (Å²) in [5.74, 6) is 0.0841. The number of hydrogen-bond acceptors (Lipinski definition) is 9. The van der Waals surface area contributed by atoms with Crippen molar-refractivity contribution in [1.29, 1.82) is 0 Å². The predicted molar refractivity (Wildman–Crippen MR) is 161 cm³/mol. The number of carbonyl (C=O) groups is 2. The summed E-state index contributed by atoms with van der Waals surface area (Å²) in [4.78, 5) is 32.4. The molecule has 6 rings (SSSR count). The smallest absolute Gasteiger partial charge is 0.254 e. The van der Waals surface area contributed by atoms with Gasteiger partial charge in [-0.15, -0.1) is 0 Å². The normalized spacial score (nSPS) is 18.6. The number of aromatic nitrogens is 1. The Labute approximate surface area is 255 Å². The average Bonchev–Trinajstić information content (AvgIpc) is 3.78. The number of likely N-dealkylation sites (tertiary alicyclic amines) is 1. The highest BCUT2D eigenvalue weighted by Crippen LogP contribution is 2.36. The van der Waals surface area contributed by atoms with E-state index < -0.39 is 21.9 Å². The number of sulfone groups is 1. The Hall–Kier alpha value is -3.32. The minimum absolute atomic E-state index is 0.169. The van der Waals surface area contributed by atoms with Crippen LogP contribution in [-0.2, 0) is 19.4 Å². The van der Waals surface area contributed by atoms with Crippen molar-refractivity contribution in [2.24, 2.45) is 5.92 Å². The van der Waals surface area contributed by atoms with E-state index in [-0.39, 0.29) is 17.1 Å². The summed E-state index contributed by atoms with van der Waals surface area (Å²) in [7, 11) is -3.31. The molecule has 2 aromatic carbocycles. The molecule has 0 spiro atoms. The lowest BCUT2D eigenvalue weighted by atomic mass is 9.87. The lowest BCUT2D eigenvalue weighted by Gasteiger charge is -2.35. The van der Waals surface area contributed by atoms with Gasteiger partial charge in [-0.05, 0) is 80.3 Å². The number of aliphatic hydroxyl groups is 1. The summed E-state index contributed by atoms with van der Waals surface area (Å²) < 4.78 is 36.8. The molecule has 3 heterocycles. The second-order valence-electron chi connectivity index (χ2n) is 11.5. The number of anilines is 1. The Morgan fingerprint density at radius 1 is 1.09 bits per heavy atom. The van der Waals surface area contributed by atoms with Crippen LogP contribution in [0, 0.1) is 5.92 Å². The average molecular weight is 626 g/mol. The molecule has 1 aliphatic carbocycles. The van der Waals surface area contributed by atoms with Gasteiger partial charge >= 0.3 is 0 Å². The molecule has 0 radical (unpaired) electrons. The second kappa shape index (κ2) is 12.7. The van der Waals surface area contributed by atoms with E-state index in [0.29, 0.717) is 64.7 Å². The predicted octanol–water partition coefficient (Wildman–Crippen LogP) is 4.62. The van der Waals surface area contributed by atoms with Crippen LogP contribution in [0.5, 0.6) is 10.8 Å². The van der Waals surface area contributed by atoms with Gasteiger partial charge in [0.1, 0.15) is 5.75 Å². The molecule has 1 aromatic heterocycles. The Bertz CT molecular complexity index is 1560. The zero-order valence-electron chi connectivity index (χ0n) is 23.7. The fourth-order valence-electron chi connectivity index (χ4n) is 5.52. The van der Waals surface area contributed by atoms with Crippen LogP contribution in [0.25, 0.3) is 0 Å². The molecule has 2 amide bonds. The molecule has 0 unspecified atom stereocenters. The number of benzene rings is 2. The van der Waals surface area contributed by atoms with Gasteiger partial charge in [-0.2, -0.15) is 0 Å². The number of β-amino-alcohol motifs (C(OH)–C–C–N with tert-alkyl or cyclic N) is 1. The highest BCUT2D eigenvalue weighted by Gasteiger charge is 2.37. The minimum atomic E-state index is -3.31. The summed E-state index contributed by atoms with van der Waals surface area (Å²) in [6.07, 6.45) is 5.86. The van der Waals surface area contributed by atoms with Crippen LogP contribution in [0.4, 0.5) is 5.13 Å². The van der Waals surface area contributed by atoms with Crippen molar-refractivity contribution < 1.29 is 32.6 Å². The molecule has 3 aliphatic rings. The molecule has 228 valence electrons.